The summed E-state index contributed by atoms with van der Waals surface area (Å²) in [5.41, 5.74) is 5.43. The van der Waals surface area contributed by atoms with Crippen LogP contribution in [0.2, 0.25) is 0 Å². The summed E-state index contributed by atoms with van der Waals surface area (Å²) < 4.78 is 5.34. The van der Waals surface area contributed by atoms with Crippen LogP contribution in [0.1, 0.15) is 32.6 Å². The molecule has 1 aliphatic heterocycles. The van der Waals surface area contributed by atoms with Gasteiger partial charge in [-0.05, 0) is 19.3 Å². The summed E-state index contributed by atoms with van der Waals surface area (Å²) in [6.45, 7) is 2.88. The van der Waals surface area contributed by atoms with Crippen LogP contribution in [0, 0.1) is 0 Å². The van der Waals surface area contributed by atoms with Crippen molar-refractivity contribution in [2.75, 3.05) is 6.61 Å². The zero-order chi connectivity index (χ0) is 9.36. The summed E-state index contributed by atoms with van der Waals surface area (Å²) in [7, 11) is 0. The lowest BCUT2D eigenvalue weighted by atomic mass is 10.2. The van der Waals surface area contributed by atoms with Crippen LogP contribution < -0.4 is 11.0 Å². The monoisotopic (exact) mass is 186 g/mol. The summed E-state index contributed by atoms with van der Waals surface area (Å²) in [6, 6.07) is 0. The molecule has 76 valence electrons. The molecular formula is C9H18N2O2. The Labute approximate surface area is 79.2 Å². The van der Waals surface area contributed by atoms with Crippen LogP contribution >= 0.6 is 0 Å². The van der Waals surface area contributed by atoms with Gasteiger partial charge in [-0.3, -0.25) is 4.84 Å². The van der Waals surface area contributed by atoms with Crippen LogP contribution in [-0.4, -0.2) is 12.9 Å². The Hall–Kier alpha value is -0.580. The minimum absolute atomic E-state index is 0.101. The first kappa shape index (κ1) is 10.5. The summed E-state index contributed by atoms with van der Waals surface area (Å²) in [4.78, 5) is 5.19. The zero-order valence-electron chi connectivity index (χ0n) is 8.08. The van der Waals surface area contributed by atoms with Crippen LogP contribution in [0.25, 0.3) is 0 Å². The van der Waals surface area contributed by atoms with Crippen molar-refractivity contribution < 1.29 is 9.57 Å². The minimum Gasteiger partial charge on any atom is -0.351 e. The Bertz CT molecular complexity index is 145. The van der Waals surface area contributed by atoms with Gasteiger partial charge in [-0.25, -0.2) is 0 Å². The van der Waals surface area contributed by atoms with E-state index in [2.05, 4.69) is 17.9 Å². The third kappa shape index (κ3) is 4.87. The van der Waals surface area contributed by atoms with Crippen molar-refractivity contribution in [3.63, 3.8) is 0 Å². The van der Waals surface area contributed by atoms with E-state index < -0.39 is 0 Å². The van der Waals surface area contributed by atoms with Gasteiger partial charge in [-0.2, -0.15) is 0 Å². The van der Waals surface area contributed by atoms with Gasteiger partial charge >= 0.3 is 0 Å². The third-order valence-corrected chi connectivity index (χ3v) is 1.82. The molecule has 1 unspecified atom stereocenters. The largest absolute Gasteiger partial charge is 0.351 e. The lowest BCUT2D eigenvalue weighted by Gasteiger charge is -2.22. The minimum atomic E-state index is -0.101. The summed E-state index contributed by atoms with van der Waals surface area (Å²) >= 11 is 0. The lowest BCUT2D eigenvalue weighted by Crippen LogP contribution is -2.35. The van der Waals surface area contributed by atoms with Crippen LogP contribution in [0.15, 0.2) is 12.3 Å². The van der Waals surface area contributed by atoms with Gasteiger partial charge in [-0.15, -0.1) is 5.59 Å². The maximum atomic E-state index is 5.34. The van der Waals surface area contributed by atoms with Gasteiger partial charge in [0.1, 0.15) is 0 Å². The molecule has 1 atom stereocenters. The molecule has 1 heterocycles. The molecule has 0 aromatic heterocycles. The van der Waals surface area contributed by atoms with E-state index in [-0.39, 0.29) is 6.29 Å². The highest BCUT2D eigenvalue weighted by molar-refractivity contribution is 4.74. The first-order valence-electron chi connectivity index (χ1n) is 4.86. The van der Waals surface area contributed by atoms with Crippen molar-refractivity contribution in [2.24, 2.45) is 0 Å². The van der Waals surface area contributed by atoms with Gasteiger partial charge in [-0.1, -0.05) is 13.0 Å². The van der Waals surface area contributed by atoms with Gasteiger partial charge in [0, 0.05) is 19.2 Å². The van der Waals surface area contributed by atoms with Crippen molar-refractivity contribution in [2.45, 2.75) is 38.9 Å². The second-order valence-electron chi connectivity index (χ2n) is 2.97. The van der Waals surface area contributed by atoms with Crippen molar-refractivity contribution in [1.82, 2.24) is 11.0 Å². The SMILES string of the molecule is CC/C=C\NNOC1CCCCO1. The molecule has 2 N–H and O–H groups in total. The molecule has 0 bridgehead atoms. The molecule has 4 nitrogen and oxygen atoms in total. The average molecular weight is 186 g/mol. The molecule has 1 fully saturated rings. The van der Waals surface area contributed by atoms with E-state index in [0.29, 0.717) is 0 Å². The predicted molar refractivity (Wildman–Crippen MR) is 50.4 cm³/mol. The molecule has 0 aromatic carbocycles. The van der Waals surface area contributed by atoms with Crippen LogP contribution in [0.4, 0.5) is 0 Å². The van der Waals surface area contributed by atoms with Gasteiger partial charge in [0.25, 0.3) is 0 Å². The summed E-state index contributed by atoms with van der Waals surface area (Å²) in [6.07, 6.45) is 8.00. The molecule has 0 radical (unpaired) electrons. The van der Waals surface area contributed by atoms with Crippen molar-refractivity contribution in [3.05, 3.63) is 12.3 Å². The Morgan fingerprint density at radius 1 is 1.54 bits per heavy atom. The van der Waals surface area contributed by atoms with E-state index in [0.717, 1.165) is 25.9 Å². The molecule has 1 rings (SSSR count). The third-order valence-electron chi connectivity index (χ3n) is 1.82. The Morgan fingerprint density at radius 3 is 3.15 bits per heavy atom. The molecule has 0 amide bonds. The van der Waals surface area contributed by atoms with E-state index in [1.54, 1.807) is 0 Å². The highest BCUT2D eigenvalue weighted by Gasteiger charge is 2.13. The van der Waals surface area contributed by atoms with Crippen molar-refractivity contribution in [3.8, 4) is 0 Å². The fourth-order valence-electron chi connectivity index (χ4n) is 1.11. The molecular weight excluding hydrogens is 168 g/mol. The van der Waals surface area contributed by atoms with Crippen LogP contribution in [0.3, 0.4) is 0 Å². The average Bonchev–Trinajstić information content (AvgIpc) is 2.19. The van der Waals surface area contributed by atoms with Crippen LogP contribution in [0.5, 0.6) is 0 Å². The van der Waals surface area contributed by atoms with Crippen molar-refractivity contribution in [1.29, 1.82) is 0 Å². The maximum absolute atomic E-state index is 5.34. The number of nitrogens with one attached hydrogen (secondary N) is 2. The number of hydrazine groups is 1. The van der Waals surface area contributed by atoms with Gasteiger partial charge < -0.3 is 10.2 Å². The number of hydrogen-bond donors (Lipinski definition) is 2. The highest BCUT2D eigenvalue weighted by Crippen LogP contribution is 2.11. The quantitative estimate of drug-likeness (QED) is 0.504. The first-order chi connectivity index (χ1) is 6.43. The smallest absolute Gasteiger partial charge is 0.179 e. The van der Waals surface area contributed by atoms with E-state index in [1.807, 2.05) is 12.3 Å². The molecule has 4 heteroatoms. The number of hydrogen-bond acceptors (Lipinski definition) is 4. The van der Waals surface area contributed by atoms with Crippen LogP contribution in [-0.2, 0) is 9.57 Å². The lowest BCUT2D eigenvalue weighted by molar-refractivity contribution is -0.203. The van der Waals surface area contributed by atoms with Gasteiger partial charge in [0.05, 0.1) is 0 Å². The fourth-order valence-corrected chi connectivity index (χ4v) is 1.11. The molecule has 0 aliphatic carbocycles. The zero-order valence-corrected chi connectivity index (χ0v) is 8.08. The number of rotatable bonds is 5. The molecule has 13 heavy (non-hydrogen) atoms. The standard InChI is InChI=1S/C9H18N2O2/c1-2-3-7-10-11-13-9-6-4-5-8-12-9/h3,7,9-11H,2,4-6,8H2,1H3/b7-3-. The highest BCUT2D eigenvalue weighted by atomic mass is 16.8. The van der Waals surface area contributed by atoms with Crippen molar-refractivity contribution >= 4 is 0 Å². The Kier molecular flexibility index (Phi) is 5.56. The van der Waals surface area contributed by atoms with E-state index in [4.69, 9.17) is 9.57 Å². The second kappa shape index (κ2) is 6.88. The molecule has 0 saturated carbocycles. The Balaban J connectivity index is 1.95. The maximum Gasteiger partial charge on any atom is 0.179 e. The topological polar surface area (TPSA) is 42.5 Å². The molecule has 1 saturated heterocycles. The summed E-state index contributed by atoms with van der Waals surface area (Å²) in [5, 5.41) is 0. The Morgan fingerprint density at radius 2 is 2.46 bits per heavy atom. The number of allylic oxidation sites excluding steroid dienone is 1. The predicted octanol–water partition coefficient (Wildman–Crippen LogP) is 1.46. The normalized spacial score (nSPS) is 23.6. The van der Waals surface area contributed by atoms with E-state index >= 15 is 0 Å². The molecule has 0 spiro atoms. The van der Waals surface area contributed by atoms with Gasteiger partial charge in [0.2, 0.25) is 0 Å². The van der Waals surface area contributed by atoms with E-state index in [9.17, 15) is 0 Å². The van der Waals surface area contributed by atoms with E-state index in [1.165, 1.54) is 6.42 Å². The molecule has 1 aliphatic rings. The molecule has 0 aromatic rings. The number of ether oxygens (including phenoxy) is 1. The summed E-state index contributed by atoms with van der Waals surface area (Å²) in [5.74, 6) is 0. The fraction of sp³-hybridized carbons (Fsp3) is 0.778. The van der Waals surface area contributed by atoms with Gasteiger partial charge in [0.15, 0.2) is 6.29 Å². The first-order valence-corrected chi connectivity index (χ1v) is 4.86. The second-order valence-corrected chi connectivity index (χ2v) is 2.97.